The van der Waals surface area contributed by atoms with E-state index in [1.807, 2.05) is 0 Å². The maximum atomic E-state index is 2.43. The molecule has 1 nitrogen and oxygen atoms in total. The molecule has 0 bridgehead atoms. The van der Waals surface area contributed by atoms with Crippen molar-refractivity contribution in [1.82, 2.24) is 0 Å². The van der Waals surface area contributed by atoms with Gasteiger partial charge in [0, 0.05) is 23.0 Å². The molecule has 0 aromatic heterocycles. The van der Waals surface area contributed by atoms with Gasteiger partial charge in [0.2, 0.25) is 0 Å². The van der Waals surface area contributed by atoms with Crippen molar-refractivity contribution in [3.63, 3.8) is 0 Å². The Morgan fingerprint density at radius 2 is 1.11 bits per heavy atom. The monoisotopic (exact) mass is 703 g/mol. The van der Waals surface area contributed by atoms with Crippen molar-refractivity contribution in [2.24, 2.45) is 0 Å². The minimum Gasteiger partial charge on any atom is -0.317 e. The van der Waals surface area contributed by atoms with E-state index in [9.17, 15) is 0 Å². The van der Waals surface area contributed by atoms with E-state index >= 15 is 0 Å². The Balaban J connectivity index is 1.10. The highest BCUT2D eigenvalue weighted by Gasteiger charge is 2.53. The van der Waals surface area contributed by atoms with Crippen LogP contribution in [0, 0.1) is 0 Å². The van der Waals surface area contributed by atoms with Gasteiger partial charge in [-0.2, -0.15) is 0 Å². The van der Waals surface area contributed by atoms with Crippen molar-refractivity contribution in [3.8, 4) is 33.4 Å². The predicted octanol–water partition coefficient (Wildman–Crippen LogP) is 13.9. The molecule has 4 aliphatic carbocycles. The van der Waals surface area contributed by atoms with Crippen LogP contribution in [0.15, 0.2) is 188 Å². The summed E-state index contributed by atoms with van der Waals surface area (Å²) in [6, 6.07) is 60.9. The van der Waals surface area contributed by atoms with E-state index in [0.717, 1.165) is 24.2 Å². The number of hydrogen-bond acceptors (Lipinski definition) is 1. The van der Waals surface area contributed by atoms with E-state index < -0.39 is 0 Å². The fourth-order valence-electron chi connectivity index (χ4n) is 10.4. The predicted molar refractivity (Wildman–Crippen MR) is 231 cm³/mol. The Labute approximate surface area is 324 Å². The van der Waals surface area contributed by atoms with E-state index in [4.69, 9.17) is 0 Å². The molecule has 0 heterocycles. The standard InChI is InChI=1S/C54H41N/c1-53(2)47-23-10-6-18-41(47)45-32-31-40(35-51(45)53)55(39-29-27-37(28-30-39)36-15-4-3-5-16-36)34-33-38-17-14-22-46-44-21-9-13-26-50(44)54(52(38)46)48-24-11-7-19-42(48)43-20-8-12-25-49(43)54/h3-11,13-24,26-35H,12,25H2,1-2H3. The number of hydrogen-bond donors (Lipinski definition) is 0. The summed E-state index contributed by atoms with van der Waals surface area (Å²) in [5.41, 5.74) is 22.2. The molecule has 1 spiro atoms. The van der Waals surface area contributed by atoms with Crippen LogP contribution < -0.4 is 4.90 Å². The van der Waals surface area contributed by atoms with Crippen LogP contribution in [0.1, 0.15) is 65.6 Å². The first kappa shape index (κ1) is 32.0. The van der Waals surface area contributed by atoms with Crippen LogP contribution in [0.25, 0.3) is 45.0 Å². The molecule has 7 aromatic carbocycles. The summed E-state index contributed by atoms with van der Waals surface area (Å²) in [6.07, 6.45) is 11.6. The van der Waals surface area contributed by atoms with Crippen LogP contribution >= 0.6 is 0 Å². The van der Waals surface area contributed by atoms with Gasteiger partial charge in [-0.05, 0) is 127 Å². The molecular formula is C54H41N. The summed E-state index contributed by atoms with van der Waals surface area (Å²) < 4.78 is 0. The van der Waals surface area contributed by atoms with Gasteiger partial charge >= 0.3 is 0 Å². The van der Waals surface area contributed by atoms with Crippen LogP contribution in [0.5, 0.6) is 0 Å². The smallest absolute Gasteiger partial charge is 0.0694 e. The molecule has 11 rings (SSSR count). The lowest BCUT2D eigenvalue weighted by Gasteiger charge is -2.34. The average molecular weight is 704 g/mol. The van der Waals surface area contributed by atoms with Crippen LogP contribution in [0.4, 0.5) is 11.4 Å². The molecule has 0 saturated heterocycles. The minimum absolute atomic E-state index is 0.0946. The lowest BCUT2D eigenvalue weighted by atomic mass is 9.67. The number of rotatable bonds is 5. The number of fused-ring (bicyclic) bond motifs is 12. The highest BCUT2D eigenvalue weighted by atomic mass is 15.1. The topological polar surface area (TPSA) is 3.24 Å². The van der Waals surface area contributed by atoms with E-state index in [2.05, 4.69) is 207 Å². The van der Waals surface area contributed by atoms with Gasteiger partial charge in [-0.25, -0.2) is 0 Å². The zero-order chi connectivity index (χ0) is 36.7. The summed E-state index contributed by atoms with van der Waals surface area (Å²) in [7, 11) is 0. The summed E-state index contributed by atoms with van der Waals surface area (Å²) in [4.78, 5) is 2.39. The zero-order valence-corrected chi connectivity index (χ0v) is 31.3. The molecule has 4 aliphatic rings. The minimum atomic E-state index is -0.324. The van der Waals surface area contributed by atoms with Crippen LogP contribution in [-0.2, 0) is 10.8 Å². The second-order valence-corrected chi connectivity index (χ2v) is 15.9. The third kappa shape index (κ3) is 4.53. The highest BCUT2D eigenvalue weighted by Crippen LogP contribution is 2.64. The molecular weight excluding hydrogens is 663 g/mol. The van der Waals surface area contributed by atoms with E-state index in [0.29, 0.717) is 0 Å². The van der Waals surface area contributed by atoms with E-state index in [-0.39, 0.29) is 10.8 Å². The van der Waals surface area contributed by atoms with Crippen LogP contribution in [0.2, 0.25) is 0 Å². The van der Waals surface area contributed by atoms with Gasteiger partial charge in [0.15, 0.2) is 0 Å². The molecule has 1 atom stereocenters. The lowest BCUT2D eigenvalue weighted by Crippen LogP contribution is -2.28. The first-order valence-corrected chi connectivity index (χ1v) is 19.7. The SMILES string of the molecule is CC1(C)c2ccccc2-c2ccc(N(C=Cc3cccc4c3C3(C5=C(C=CCC5)c5ccccc53)c3ccccc3-4)c3ccc(-c4ccccc4)cc3)cc21. The maximum Gasteiger partial charge on any atom is 0.0694 e. The quantitative estimate of drug-likeness (QED) is 0.172. The third-order valence-corrected chi connectivity index (χ3v) is 12.8. The summed E-state index contributed by atoms with van der Waals surface area (Å²) in [6.45, 7) is 4.73. The van der Waals surface area contributed by atoms with Crippen molar-refractivity contribution < 1.29 is 0 Å². The van der Waals surface area contributed by atoms with Gasteiger partial charge in [-0.15, -0.1) is 0 Å². The molecule has 0 N–H and O–H groups in total. The first-order valence-electron chi connectivity index (χ1n) is 19.7. The van der Waals surface area contributed by atoms with Crippen LogP contribution in [0.3, 0.4) is 0 Å². The molecule has 1 unspecified atom stereocenters. The molecule has 7 aromatic rings. The summed E-state index contributed by atoms with van der Waals surface area (Å²) in [5, 5.41) is 0. The summed E-state index contributed by atoms with van der Waals surface area (Å²) in [5.74, 6) is 0. The van der Waals surface area contributed by atoms with Gasteiger partial charge in [0.05, 0.1) is 5.41 Å². The van der Waals surface area contributed by atoms with Crippen molar-refractivity contribution in [3.05, 3.63) is 227 Å². The second kappa shape index (κ2) is 12.0. The molecule has 0 saturated carbocycles. The number of allylic oxidation sites excluding steroid dienone is 4. The largest absolute Gasteiger partial charge is 0.317 e. The average Bonchev–Trinajstić information content (AvgIpc) is 3.80. The normalized spacial score (nSPS) is 17.9. The Morgan fingerprint density at radius 1 is 0.509 bits per heavy atom. The maximum absolute atomic E-state index is 2.43. The summed E-state index contributed by atoms with van der Waals surface area (Å²) >= 11 is 0. The van der Waals surface area contributed by atoms with Crippen molar-refractivity contribution in [2.45, 2.75) is 37.5 Å². The van der Waals surface area contributed by atoms with Gasteiger partial charge in [-0.3, -0.25) is 0 Å². The van der Waals surface area contributed by atoms with E-state index in [1.54, 1.807) is 0 Å². The lowest BCUT2D eigenvalue weighted by molar-refractivity contribution is 0.660. The van der Waals surface area contributed by atoms with Crippen molar-refractivity contribution in [2.75, 3.05) is 4.90 Å². The van der Waals surface area contributed by atoms with Crippen molar-refractivity contribution in [1.29, 1.82) is 0 Å². The fraction of sp³-hybridized carbons (Fsp3) is 0.111. The van der Waals surface area contributed by atoms with Crippen molar-refractivity contribution >= 4 is 23.0 Å². The number of benzene rings is 7. The van der Waals surface area contributed by atoms with E-state index in [1.165, 1.54) is 83.5 Å². The Hall–Kier alpha value is -6.44. The number of nitrogens with zero attached hydrogens (tertiary/aromatic N) is 1. The van der Waals surface area contributed by atoms with Gasteiger partial charge in [0.25, 0.3) is 0 Å². The van der Waals surface area contributed by atoms with Gasteiger partial charge in [0.1, 0.15) is 0 Å². The van der Waals surface area contributed by atoms with Gasteiger partial charge < -0.3 is 4.90 Å². The highest BCUT2D eigenvalue weighted by molar-refractivity contribution is 5.98. The first-order chi connectivity index (χ1) is 27.0. The molecule has 1 heteroatoms. The molecule has 0 radical (unpaired) electrons. The molecule has 262 valence electrons. The number of anilines is 2. The zero-order valence-electron chi connectivity index (χ0n) is 31.3. The Kier molecular flexibility index (Phi) is 7.01. The molecule has 0 fully saturated rings. The fourth-order valence-corrected chi connectivity index (χ4v) is 10.4. The molecule has 0 amide bonds. The third-order valence-electron chi connectivity index (χ3n) is 12.8. The second-order valence-electron chi connectivity index (χ2n) is 15.9. The Bertz CT molecular complexity index is 2780. The van der Waals surface area contributed by atoms with Gasteiger partial charge in [-0.1, -0.05) is 166 Å². The molecule has 0 aliphatic heterocycles. The molecule has 55 heavy (non-hydrogen) atoms. The van der Waals surface area contributed by atoms with Crippen LogP contribution in [-0.4, -0.2) is 0 Å². The Morgan fingerprint density at radius 3 is 1.89 bits per heavy atom.